The van der Waals surface area contributed by atoms with Gasteiger partial charge in [0.25, 0.3) is 6.29 Å². The molecule has 1 aliphatic rings. The average molecular weight is 294 g/mol. The summed E-state index contributed by atoms with van der Waals surface area (Å²) in [5.74, 6) is 2.05. The third-order valence-corrected chi connectivity index (χ3v) is 2.88. The Kier molecular flexibility index (Phi) is 5.33. The molecule has 5 nitrogen and oxygen atoms in total. The Bertz CT molecular complexity index is 497. The molecule has 0 fully saturated rings. The van der Waals surface area contributed by atoms with Gasteiger partial charge in [0.1, 0.15) is 12.0 Å². The van der Waals surface area contributed by atoms with Gasteiger partial charge in [0.2, 0.25) is 0 Å². The van der Waals surface area contributed by atoms with Crippen LogP contribution in [0.4, 0.5) is 0 Å². The highest BCUT2D eigenvalue weighted by molar-refractivity contribution is 5.43. The molecular weight excluding hydrogens is 272 g/mol. The van der Waals surface area contributed by atoms with Crippen LogP contribution in [0.1, 0.15) is 39.5 Å². The molecule has 0 amide bonds. The second-order valence-electron chi connectivity index (χ2n) is 4.59. The van der Waals surface area contributed by atoms with Crippen molar-refractivity contribution in [2.45, 2.75) is 40.3 Å². The van der Waals surface area contributed by atoms with Crippen molar-refractivity contribution in [3.63, 3.8) is 0 Å². The van der Waals surface area contributed by atoms with Crippen LogP contribution in [0.3, 0.4) is 0 Å². The topological polar surface area (TPSA) is 46.2 Å². The first kappa shape index (κ1) is 15.5. The molecule has 0 spiro atoms. The van der Waals surface area contributed by atoms with Crippen LogP contribution in [0.15, 0.2) is 30.2 Å². The minimum absolute atomic E-state index is 0.331. The fourth-order valence-electron chi connectivity index (χ4n) is 2.01. The van der Waals surface area contributed by atoms with Crippen LogP contribution in [-0.4, -0.2) is 19.5 Å². The highest BCUT2D eigenvalue weighted by atomic mass is 16.7. The Morgan fingerprint density at radius 2 is 2.00 bits per heavy atom. The molecule has 0 bridgehead atoms. The molecule has 0 N–H and O–H groups in total. The Balaban J connectivity index is 2.14. The zero-order valence-electron chi connectivity index (χ0n) is 12.9. The van der Waals surface area contributed by atoms with Gasteiger partial charge < -0.3 is 23.7 Å². The normalized spacial score (nSPS) is 18.5. The summed E-state index contributed by atoms with van der Waals surface area (Å²) in [6.07, 6.45) is 0.845. The Morgan fingerprint density at radius 3 is 2.62 bits per heavy atom. The predicted octanol–water partition coefficient (Wildman–Crippen LogP) is 3.75. The molecule has 1 heterocycles. The lowest BCUT2D eigenvalue weighted by Gasteiger charge is -2.19. The van der Waals surface area contributed by atoms with Gasteiger partial charge in [0.05, 0.1) is 6.61 Å². The summed E-state index contributed by atoms with van der Waals surface area (Å²) in [6.45, 7) is 8.70. The first-order valence-corrected chi connectivity index (χ1v) is 7.18. The van der Waals surface area contributed by atoms with Gasteiger partial charge in [-0.2, -0.15) is 0 Å². The number of benzene rings is 1. The molecule has 116 valence electrons. The summed E-state index contributed by atoms with van der Waals surface area (Å²) in [7, 11) is 0. The van der Waals surface area contributed by atoms with E-state index in [2.05, 4.69) is 0 Å². The smallest absolute Gasteiger partial charge is 0.266 e. The van der Waals surface area contributed by atoms with E-state index in [1.165, 1.54) is 0 Å². The Hall–Kier alpha value is -1.88. The summed E-state index contributed by atoms with van der Waals surface area (Å²) in [6, 6.07) is 5.61. The monoisotopic (exact) mass is 294 g/mol. The molecule has 2 atom stereocenters. The second kappa shape index (κ2) is 7.22. The van der Waals surface area contributed by atoms with Crippen molar-refractivity contribution >= 4 is 0 Å². The quantitative estimate of drug-likeness (QED) is 0.717. The van der Waals surface area contributed by atoms with Gasteiger partial charge in [0, 0.05) is 12.2 Å². The van der Waals surface area contributed by atoms with Gasteiger partial charge in [-0.15, -0.1) is 0 Å². The second-order valence-corrected chi connectivity index (χ2v) is 4.59. The van der Waals surface area contributed by atoms with Crippen molar-refractivity contribution < 1.29 is 23.7 Å². The Morgan fingerprint density at radius 1 is 1.19 bits per heavy atom. The zero-order valence-corrected chi connectivity index (χ0v) is 12.9. The van der Waals surface area contributed by atoms with E-state index in [0.29, 0.717) is 24.7 Å². The van der Waals surface area contributed by atoms with Crippen molar-refractivity contribution in [3.8, 4) is 11.5 Å². The summed E-state index contributed by atoms with van der Waals surface area (Å²) in [4.78, 5) is 0. The van der Waals surface area contributed by atoms with Gasteiger partial charge in [-0.1, -0.05) is 0 Å². The molecule has 1 aliphatic heterocycles. The molecular formula is C16H22O5. The Labute approximate surface area is 125 Å². The van der Waals surface area contributed by atoms with Crippen LogP contribution in [0.2, 0.25) is 0 Å². The average Bonchev–Trinajstić information content (AvgIpc) is 2.88. The minimum atomic E-state index is -0.428. The van der Waals surface area contributed by atoms with Gasteiger partial charge >= 0.3 is 0 Å². The van der Waals surface area contributed by atoms with Gasteiger partial charge in [-0.05, 0) is 45.9 Å². The molecule has 0 saturated heterocycles. The standard InChI is InChI=1S/C16H22O5/c1-5-17-12(4)21-14-8-7-13(9-15(14)18-6-2)16-19-10-11(3)20-16/h7-10,12,16H,5-6H2,1-4H3. The largest absolute Gasteiger partial charge is 0.490 e. The summed E-state index contributed by atoms with van der Waals surface area (Å²) in [5.41, 5.74) is 0.878. The van der Waals surface area contributed by atoms with E-state index >= 15 is 0 Å². The SMILES string of the molecule is CCOc1cc(C2OC=C(C)O2)ccc1OC(C)OCC. The molecule has 1 aromatic carbocycles. The molecule has 1 aromatic rings. The van der Waals surface area contributed by atoms with E-state index < -0.39 is 6.29 Å². The molecule has 2 rings (SSSR count). The molecule has 0 aliphatic carbocycles. The highest BCUT2D eigenvalue weighted by Crippen LogP contribution is 2.35. The third-order valence-electron chi connectivity index (χ3n) is 2.88. The van der Waals surface area contributed by atoms with Gasteiger partial charge in [-0.3, -0.25) is 0 Å². The summed E-state index contributed by atoms with van der Waals surface area (Å²) < 4.78 is 27.8. The predicted molar refractivity (Wildman–Crippen MR) is 78.0 cm³/mol. The van der Waals surface area contributed by atoms with Gasteiger partial charge in [0.15, 0.2) is 17.8 Å². The van der Waals surface area contributed by atoms with E-state index in [4.69, 9.17) is 23.7 Å². The highest BCUT2D eigenvalue weighted by Gasteiger charge is 2.21. The van der Waals surface area contributed by atoms with Crippen LogP contribution in [0.25, 0.3) is 0 Å². The van der Waals surface area contributed by atoms with Crippen molar-refractivity contribution in [2.75, 3.05) is 13.2 Å². The van der Waals surface area contributed by atoms with Crippen molar-refractivity contribution in [1.29, 1.82) is 0 Å². The maximum atomic E-state index is 5.74. The van der Waals surface area contributed by atoms with Crippen LogP contribution in [0.5, 0.6) is 11.5 Å². The first-order valence-electron chi connectivity index (χ1n) is 7.18. The van der Waals surface area contributed by atoms with Crippen LogP contribution in [-0.2, 0) is 14.2 Å². The van der Waals surface area contributed by atoms with E-state index in [-0.39, 0.29) is 6.29 Å². The lowest BCUT2D eigenvalue weighted by molar-refractivity contribution is -0.0626. The number of hydrogen-bond acceptors (Lipinski definition) is 5. The van der Waals surface area contributed by atoms with Gasteiger partial charge in [-0.25, -0.2) is 0 Å². The molecule has 0 aromatic heterocycles. The first-order chi connectivity index (χ1) is 10.1. The fourth-order valence-corrected chi connectivity index (χ4v) is 2.01. The van der Waals surface area contributed by atoms with Crippen LogP contribution < -0.4 is 9.47 Å². The van der Waals surface area contributed by atoms with E-state index in [1.54, 1.807) is 6.26 Å². The lowest BCUT2D eigenvalue weighted by Crippen LogP contribution is -2.16. The molecule has 21 heavy (non-hydrogen) atoms. The fraction of sp³-hybridized carbons (Fsp3) is 0.500. The number of ether oxygens (including phenoxy) is 5. The number of allylic oxidation sites excluding steroid dienone is 1. The summed E-state index contributed by atoms with van der Waals surface area (Å²) in [5, 5.41) is 0. The van der Waals surface area contributed by atoms with E-state index in [1.807, 2.05) is 45.9 Å². The third kappa shape index (κ3) is 4.04. The molecule has 5 heteroatoms. The zero-order chi connectivity index (χ0) is 15.2. The number of rotatable bonds is 7. The molecule has 0 radical (unpaired) electrons. The van der Waals surface area contributed by atoms with Crippen molar-refractivity contribution in [2.24, 2.45) is 0 Å². The molecule has 2 unspecified atom stereocenters. The van der Waals surface area contributed by atoms with Crippen molar-refractivity contribution in [3.05, 3.63) is 35.8 Å². The molecule has 0 saturated carbocycles. The van der Waals surface area contributed by atoms with Crippen LogP contribution >= 0.6 is 0 Å². The van der Waals surface area contributed by atoms with E-state index in [9.17, 15) is 0 Å². The van der Waals surface area contributed by atoms with Crippen LogP contribution in [0, 0.1) is 0 Å². The lowest BCUT2D eigenvalue weighted by atomic mass is 10.2. The number of hydrogen-bond donors (Lipinski definition) is 0. The van der Waals surface area contributed by atoms with Crippen molar-refractivity contribution in [1.82, 2.24) is 0 Å². The minimum Gasteiger partial charge on any atom is -0.490 e. The maximum Gasteiger partial charge on any atom is 0.266 e. The maximum absolute atomic E-state index is 5.74. The summed E-state index contributed by atoms with van der Waals surface area (Å²) >= 11 is 0. The van der Waals surface area contributed by atoms with E-state index in [0.717, 1.165) is 11.3 Å².